The highest BCUT2D eigenvalue weighted by Crippen LogP contribution is 2.41. The largest absolute Gasteiger partial charge is 0.495 e. The van der Waals surface area contributed by atoms with Gasteiger partial charge in [0.1, 0.15) is 12.0 Å². The van der Waals surface area contributed by atoms with E-state index >= 15 is 0 Å². The molecule has 1 atom stereocenters. The Kier molecular flexibility index (Phi) is 4.62. The van der Waals surface area contributed by atoms with Gasteiger partial charge in [-0.3, -0.25) is 0 Å². The number of ether oxygens (including phenoxy) is 1. The summed E-state index contributed by atoms with van der Waals surface area (Å²) in [6.45, 7) is 1.54. The number of carbonyl (C=O) groups excluding carboxylic acids is 1. The van der Waals surface area contributed by atoms with Crippen LogP contribution in [0.5, 0.6) is 5.75 Å². The van der Waals surface area contributed by atoms with Crippen LogP contribution in [0.15, 0.2) is 12.1 Å². The molecule has 0 radical (unpaired) electrons. The van der Waals surface area contributed by atoms with Crippen LogP contribution in [0, 0.1) is 0 Å². The van der Waals surface area contributed by atoms with Gasteiger partial charge in [0.05, 0.1) is 17.7 Å². The molecular weight excluding hydrogens is 269 g/mol. The topological polar surface area (TPSA) is 26.3 Å². The van der Waals surface area contributed by atoms with Crippen LogP contribution in [-0.2, 0) is 11.0 Å². The zero-order chi connectivity index (χ0) is 13.9. The summed E-state index contributed by atoms with van der Waals surface area (Å²) >= 11 is 5.82. The molecule has 0 N–H and O–H groups in total. The average Bonchev–Trinajstić information content (AvgIpc) is 2.27. The number of alkyl halides is 3. The first-order valence-corrected chi connectivity index (χ1v) is 5.57. The van der Waals surface area contributed by atoms with Gasteiger partial charge in [0, 0.05) is 6.42 Å². The van der Waals surface area contributed by atoms with Crippen LogP contribution in [0.4, 0.5) is 13.2 Å². The van der Waals surface area contributed by atoms with Crippen molar-refractivity contribution in [2.75, 3.05) is 7.11 Å². The van der Waals surface area contributed by atoms with Gasteiger partial charge in [-0.15, -0.1) is 0 Å². The first-order chi connectivity index (χ1) is 8.31. The lowest BCUT2D eigenvalue weighted by molar-refractivity contribution is -0.138. The summed E-state index contributed by atoms with van der Waals surface area (Å²) in [7, 11) is 1.25. The lowest BCUT2D eigenvalue weighted by Gasteiger charge is -2.18. The quantitative estimate of drug-likeness (QED) is 0.778. The molecule has 0 saturated carbocycles. The molecule has 0 spiro atoms. The van der Waals surface area contributed by atoms with E-state index in [4.69, 9.17) is 16.3 Å². The summed E-state index contributed by atoms with van der Waals surface area (Å²) < 4.78 is 43.5. The third-order valence-electron chi connectivity index (χ3n) is 2.61. The number of aldehydes is 1. The predicted molar refractivity (Wildman–Crippen MR) is 62.1 cm³/mol. The van der Waals surface area contributed by atoms with E-state index in [0.717, 1.165) is 6.07 Å². The molecule has 0 heterocycles. The maximum atomic E-state index is 12.9. The smallest absolute Gasteiger partial charge is 0.416 e. The maximum Gasteiger partial charge on any atom is 0.416 e. The van der Waals surface area contributed by atoms with Crippen molar-refractivity contribution in [2.45, 2.75) is 25.4 Å². The van der Waals surface area contributed by atoms with Crippen molar-refractivity contribution in [1.29, 1.82) is 0 Å². The third kappa shape index (κ3) is 3.16. The van der Waals surface area contributed by atoms with Crippen molar-refractivity contribution in [3.63, 3.8) is 0 Å². The minimum Gasteiger partial charge on any atom is -0.495 e. The molecule has 2 nitrogen and oxygen atoms in total. The number of halogens is 4. The molecule has 18 heavy (non-hydrogen) atoms. The van der Waals surface area contributed by atoms with E-state index in [1.54, 1.807) is 6.92 Å². The summed E-state index contributed by atoms with van der Waals surface area (Å²) in [5.41, 5.74) is -0.821. The molecule has 0 aliphatic carbocycles. The van der Waals surface area contributed by atoms with E-state index < -0.39 is 17.7 Å². The Labute approximate surface area is 108 Å². The highest BCUT2D eigenvalue weighted by atomic mass is 35.5. The van der Waals surface area contributed by atoms with E-state index in [1.807, 2.05) is 0 Å². The second-order valence-corrected chi connectivity index (χ2v) is 4.28. The Morgan fingerprint density at radius 2 is 2.06 bits per heavy atom. The SMILES string of the molecule is COc1cc(C(F)(F)F)c(C(C)CC=O)cc1Cl. The first-order valence-electron chi connectivity index (χ1n) is 5.19. The molecule has 0 amide bonds. The second-order valence-electron chi connectivity index (χ2n) is 3.88. The lowest BCUT2D eigenvalue weighted by atomic mass is 9.93. The van der Waals surface area contributed by atoms with Gasteiger partial charge in [0.2, 0.25) is 0 Å². The van der Waals surface area contributed by atoms with Crippen LogP contribution in [0.1, 0.15) is 30.4 Å². The van der Waals surface area contributed by atoms with Gasteiger partial charge in [0.15, 0.2) is 0 Å². The molecule has 1 aromatic rings. The normalized spacial score (nSPS) is 13.2. The fraction of sp³-hybridized carbons (Fsp3) is 0.417. The number of methoxy groups -OCH3 is 1. The summed E-state index contributed by atoms with van der Waals surface area (Å²) in [5, 5.41) is 0.0956. The summed E-state index contributed by atoms with van der Waals surface area (Å²) in [6.07, 6.45) is -3.92. The first kappa shape index (κ1) is 14.8. The Morgan fingerprint density at radius 1 is 1.44 bits per heavy atom. The van der Waals surface area contributed by atoms with E-state index in [9.17, 15) is 18.0 Å². The predicted octanol–water partition coefficient (Wildman–Crippen LogP) is 4.06. The zero-order valence-corrected chi connectivity index (χ0v) is 10.6. The van der Waals surface area contributed by atoms with E-state index in [1.165, 1.54) is 13.2 Å². The van der Waals surface area contributed by atoms with Crippen LogP contribution in [0.3, 0.4) is 0 Å². The Hall–Kier alpha value is -1.23. The van der Waals surface area contributed by atoms with Crippen LogP contribution >= 0.6 is 11.6 Å². The summed E-state index contributed by atoms with van der Waals surface area (Å²) in [4.78, 5) is 10.4. The molecule has 6 heteroatoms. The van der Waals surface area contributed by atoms with Gasteiger partial charge in [-0.2, -0.15) is 13.2 Å². The lowest BCUT2D eigenvalue weighted by Crippen LogP contribution is -2.12. The molecular formula is C12H12ClF3O2. The molecule has 0 aliphatic heterocycles. The molecule has 1 rings (SSSR count). The van der Waals surface area contributed by atoms with Gasteiger partial charge in [-0.1, -0.05) is 18.5 Å². The Balaban J connectivity index is 3.39. The summed E-state index contributed by atoms with van der Waals surface area (Å²) in [5.74, 6) is -0.589. The van der Waals surface area contributed by atoms with Crippen molar-refractivity contribution in [1.82, 2.24) is 0 Å². The monoisotopic (exact) mass is 280 g/mol. The van der Waals surface area contributed by atoms with Crippen molar-refractivity contribution in [3.05, 3.63) is 28.3 Å². The fourth-order valence-corrected chi connectivity index (χ4v) is 1.90. The van der Waals surface area contributed by atoms with E-state index in [2.05, 4.69) is 0 Å². The summed E-state index contributed by atoms with van der Waals surface area (Å²) in [6, 6.07) is 2.07. The van der Waals surface area contributed by atoms with Gasteiger partial charge in [0.25, 0.3) is 0 Å². The van der Waals surface area contributed by atoms with Crippen LogP contribution < -0.4 is 4.74 Å². The van der Waals surface area contributed by atoms with Crippen LogP contribution in [-0.4, -0.2) is 13.4 Å². The molecule has 100 valence electrons. The van der Waals surface area contributed by atoms with Gasteiger partial charge < -0.3 is 9.53 Å². The molecule has 0 aliphatic rings. The number of hydrogen-bond donors (Lipinski definition) is 0. The van der Waals surface area contributed by atoms with Crippen molar-refractivity contribution < 1.29 is 22.7 Å². The molecule has 0 bridgehead atoms. The second kappa shape index (κ2) is 5.61. The standard InChI is InChI=1S/C12H12ClF3O2/c1-7(3-4-17)8-5-10(13)11(18-2)6-9(8)12(14,15)16/h4-7H,3H2,1-2H3. The highest BCUT2D eigenvalue weighted by molar-refractivity contribution is 6.32. The van der Waals surface area contributed by atoms with E-state index in [0.29, 0.717) is 6.29 Å². The van der Waals surface area contributed by atoms with Crippen LogP contribution in [0.2, 0.25) is 5.02 Å². The fourth-order valence-electron chi connectivity index (χ4n) is 1.65. The molecule has 0 fully saturated rings. The minimum absolute atomic E-state index is 0.000370. The van der Waals surface area contributed by atoms with Crippen molar-refractivity contribution >= 4 is 17.9 Å². The van der Waals surface area contributed by atoms with Gasteiger partial charge in [-0.05, 0) is 23.6 Å². The average molecular weight is 281 g/mol. The minimum atomic E-state index is -4.51. The van der Waals surface area contributed by atoms with Crippen molar-refractivity contribution in [2.24, 2.45) is 0 Å². The maximum absolute atomic E-state index is 12.9. The molecule has 1 aromatic carbocycles. The van der Waals surface area contributed by atoms with Gasteiger partial charge in [-0.25, -0.2) is 0 Å². The highest BCUT2D eigenvalue weighted by Gasteiger charge is 2.35. The number of hydrogen-bond acceptors (Lipinski definition) is 2. The zero-order valence-electron chi connectivity index (χ0n) is 9.84. The van der Waals surface area contributed by atoms with Crippen LogP contribution in [0.25, 0.3) is 0 Å². The van der Waals surface area contributed by atoms with Gasteiger partial charge >= 0.3 is 6.18 Å². The number of rotatable bonds is 4. The van der Waals surface area contributed by atoms with E-state index in [-0.39, 0.29) is 22.8 Å². The number of carbonyl (C=O) groups is 1. The van der Waals surface area contributed by atoms with Crippen molar-refractivity contribution in [3.8, 4) is 5.75 Å². The number of benzene rings is 1. The Bertz CT molecular complexity index is 444. The molecule has 0 saturated heterocycles. The third-order valence-corrected chi connectivity index (χ3v) is 2.91. The molecule has 0 aromatic heterocycles. The Morgan fingerprint density at radius 3 is 2.50 bits per heavy atom. The molecule has 1 unspecified atom stereocenters.